The lowest BCUT2D eigenvalue weighted by Crippen LogP contribution is -2.54. The first-order chi connectivity index (χ1) is 16.6. The summed E-state index contributed by atoms with van der Waals surface area (Å²) in [5.41, 5.74) is 12.9. The van der Waals surface area contributed by atoms with Gasteiger partial charge in [-0.1, -0.05) is 24.8 Å². The molecule has 0 aliphatic carbocycles. The van der Waals surface area contributed by atoms with Crippen molar-refractivity contribution >= 4 is 29.3 Å². The van der Waals surface area contributed by atoms with E-state index in [1.807, 2.05) is 12.3 Å². The molecule has 7 nitrogen and oxygen atoms in total. The van der Waals surface area contributed by atoms with Crippen LogP contribution in [-0.2, 0) is 6.42 Å². The summed E-state index contributed by atoms with van der Waals surface area (Å²) in [7, 11) is 0. The lowest BCUT2D eigenvalue weighted by molar-refractivity contribution is 0.221. The van der Waals surface area contributed by atoms with Gasteiger partial charge in [0.15, 0.2) is 0 Å². The predicted molar refractivity (Wildman–Crippen MR) is 141 cm³/mol. The van der Waals surface area contributed by atoms with Crippen LogP contribution in [0, 0.1) is 5.92 Å². The van der Waals surface area contributed by atoms with Crippen molar-refractivity contribution in [1.29, 1.82) is 0 Å². The van der Waals surface area contributed by atoms with Crippen LogP contribution in [0.25, 0.3) is 22.2 Å². The first-order valence-corrected chi connectivity index (χ1v) is 12.0. The number of fused-ring (bicyclic) bond motifs is 1. The van der Waals surface area contributed by atoms with Crippen LogP contribution >= 0.6 is 0 Å². The zero-order valence-electron chi connectivity index (χ0n) is 19.9. The normalized spacial score (nSPS) is 18.7. The van der Waals surface area contributed by atoms with Crippen molar-refractivity contribution in [3.05, 3.63) is 60.4 Å². The topological polar surface area (TPSA) is 82.7 Å². The van der Waals surface area contributed by atoms with E-state index in [1.54, 1.807) is 0 Å². The van der Waals surface area contributed by atoms with Crippen LogP contribution in [0.2, 0.25) is 0 Å². The molecule has 0 amide bonds. The molecule has 0 radical (unpaired) electrons. The van der Waals surface area contributed by atoms with E-state index in [0.717, 1.165) is 78.4 Å². The van der Waals surface area contributed by atoms with Gasteiger partial charge in [0.1, 0.15) is 5.82 Å². The maximum absolute atomic E-state index is 5.73. The van der Waals surface area contributed by atoms with E-state index in [2.05, 4.69) is 75.6 Å². The van der Waals surface area contributed by atoms with Crippen LogP contribution in [0.1, 0.15) is 12.5 Å². The summed E-state index contributed by atoms with van der Waals surface area (Å²) in [4.78, 5) is 18.6. The number of hydrogen-bond donors (Lipinski definition) is 2. The Kier molecular flexibility index (Phi) is 6.30. The summed E-state index contributed by atoms with van der Waals surface area (Å²) in [6, 6.07) is 13.0. The molecule has 7 heteroatoms. The Bertz CT molecular complexity index is 1210. The van der Waals surface area contributed by atoms with Gasteiger partial charge in [-0.25, -0.2) is 4.98 Å². The number of hydrogen-bond acceptors (Lipinski definition) is 7. The standard InChI is InChI=1S/C27H33N7/c1-18-15-33(11-10-30-18)19(2)23-16-34(17-23)27-14-31-24-7-6-22(13-26(24)32-27)21-5-4-20(8-9-28)25(12-21)29-3/h4-7,12-14,18,23,30H,2-3,8-11,15-17,28H2,1H3/t18-/m0/s1. The second kappa shape index (κ2) is 9.52. The van der Waals surface area contributed by atoms with Crippen LogP contribution in [0.15, 0.2) is 59.9 Å². The molecule has 0 saturated carbocycles. The van der Waals surface area contributed by atoms with Gasteiger partial charge < -0.3 is 20.9 Å². The second-order valence-corrected chi connectivity index (χ2v) is 9.37. The third-order valence-electron chi connectivity index (χ3n) is 6.98. The van der Waals surface area contributed by atoms with Crippen LogP contribution in [-0.4, -0.2) is 66.9 Å². The summed E-state index contributed by atoms with van der Waals surface area (Å²) < 4.78 is 0. The largest absolute Gasteiger partial charge is 0.372 e. The van der Waals surface area contributed by atoms with E-state index in [-0.39, 0.29) is 0 Å². The molecule has 0 bridgehead atoms. The molecule has 2 aliphatic rings. The SMILES string of the molecule is C=Nc1cc(-c2ccc3ncc(N4CC(C(=C)N5CCN[C@@H](C)C5)C4)nc3c2)ccc1CCN. The van der Waals surface area contributed by atoms with Gasteiger partial charge in [0.2, 0.25) is 0 Å². The second-order valence-electron chi connectivity index (χ2n) is 9.37. The molecule has 34 heavy (non-hydrogen) atoms. The Morgan fingerprint density at radius 2 is 1.94 bits per heavy atom. The van der Waals surface area contributed by atoms with Crippen LogP contribution in [0.3, 0.4) is 0 Å². The average molecular weight is 456 g/mol. The summed E-state index contributed by atoms with van der Waals surface area (Å²) >= 11 is 0. The fourth-order valence-electron chi connectivity index (χ4n) is 4.92. The highest BCUT2D eigenvalue weighted by Gasteiger charge is 2.33. The van der Waals surface area contributed by atoms with E-state index in [0.29, 0.717) is 18.5 Å². The van der Waals surface area contributed by atoms with Crippen molar-refractivity contribution in [2.45, 2.75) is 19.4 Å². The number of benzene rings is 2. The molecule has 0 spiro atoms. The number of aliphatic imine (C=N–C) groups is 1. The molecular weight excluding hydrogens is 422 g/mol. The fraction of sp³-hybridized carbons (Fsp3) is 0.370. The number of nitrogens with one attached hydrogen (secondary N) is 1. The first-order valence-electron chi connectivity index (χ1n) is 12.0. The van der Waals surface area contributed by atoms with E-state index in [1.165, 1.54) is 5.70 Å². The molecule has 2 aromatic carbocycles. The van der Waals surface area contributed by atoms with Crippen molar-refractivity contribution in [1.82, 2.24) is 20.2 Å². The van der Waals surface area contributed by atoms with Crippen molar-refractivity contribution in [3.8, 4) is 11.1 Å². The van der Waals surface area contributed by atoms with E-state index in [4.69, 9.17) is 10.7 Å². The smallest absolute Gasteiger partial charge is 0.147 e. The van der Waals surface area contributed by atoms with Crippen molar-refractivity contribution in [3.63, 3.8) is 0 Å². The summed E-state index contributed by atoms with van der Waals surface area (Å²) in [6.45, 7) is 15.9. The van der Waals surface area contributed by atoms with Gasteiger partial charge in [0.25, 0.3) is 0 Å². The van der Waals surface area contributed by atoms with Gasteiger partial charge in [-0.3, -0.25) is 9.98 Å². The Morgan fingerprint density at radius 3 is 2.71 bits per heavy atom. The maximum atomic E-state index is 5.73. The molecule has 176 valence electrons. The van der Waals surface area contributed by atoms with E-state index in [9.17, 15) is 0 Å². The van der Waals surface area contributed by atoms with Gasteiger partial charge in [0.05, 0.1) is 22.9 Å². The van der Waals surface area contributed by atoms with Gasteiger partial charge in [-0.05, 0) is 61.5 Å². The minimum absolute atomic E-state index is 0.478. The zero-order chi connectivity index (χ0) is 23.7. The van der Waals surface area contributed by atoms with Crippen LogP contribution in [0.5, 0.6) is 0 Å². The average Bonchev–Trinajstić information content (AvgIpc) is 2.83. The number of nitrogens with zero attached hydrogens (tertiary/aromatic N) is 5. The fourth-order valence-corrected chi connectivity index (χ4v) is 4.92. The lowest BCUT2D eigenvalue weighted by Gasteiger charge is -2.45. The Hall–Kier alpha value is -3.29. The number of rotatable bonds is 7. The molecule has 0 unspecified atom stereocenters. The van der Waals surface area contributed by atoms with E-state index >= 15 is 0 Å². The molecule has 3 N–H and O–H groups in total. The highest BCUT2D eigenvalue weighted by Crippen LogP contribution is 2.32. The predicted octanol–water partition coefficient (Wildman–Crippen LogP) is 3.37. The third kappa shape index (κ3) is 4.41. The highest BCUT2D eigenvalue weighted by molar-refractivity contribution is 5.83. The Morgan fingerprint density at radius 1 is 1.15 bits per heavy atom. The molecule has 2 aliphatic heterocycles. The Labute approximate surface area is 201 Å². The lowest BCUT2D eigenvalue weighted by atomic mass is 9.95. The minimum atomic E-state index is 0.478. The number of aromatic nitrogens is 2. The van der Waals surface area contributed by atoms with Gasteiger partial charge in [-0.15, -0.1) is 0 Å². The molecule has 3 aromatic rings. The zero-order valence-corrected chi connectivity index (χ0v) is 19.9. The Balaban J connectivity index is 1.32. The molecular formula is C27H33N7. The van der Waals surface area contributed by atoms with Gasteiger partial charge >= 0.3 is 0 Å². The third-order valence-corrected chi connectivity index (χ3v) is 6.98. The highest BCUT2D eigenvalue weighted by atomic mass is 15.3. The maximum Gasteiger partial charge on any atom is 0.147 e. The van der Waals surface area contributed by atoms with Crippen LogP contribution in [0.4, 0.5) is 11.5 Å². The monoisotopic (exact) mass is 455 g/mol. The van der Waals surface area contributed by atoms with E-state index < -0.39 is 0 Å². The molecule has 1 aromatic heterocycles. The van der Waals surface area contributed by atoms with Crippen molar-refractivity contribution in [2.75, 3.05) is 44.2 Å². The summed E-state index contributed by atoms with van der Waals surface area (Å²) in [6.07, 6.45) is 2.67. The molecule has 2 saturated heterocycles. The first kappa shape index (κ1) is 22.5. The quantitative estimate of drug-likeness (QED) is 0.532. The molecule has 5 rings (SSSR count). The van der Waals surface area contributed by atoms with Gasteiger partial charge in [0, 0.05) is 50.4 Å². The van der Waals surface area contributed by atoms with Crippen molar-refractivity contribution in [2.24, 2.45) is 16.6 Å². The van der Waals surface area contributed by atoms with Crippen LogP contribution < -0.4 is 16.0 Å². The van der Waals surface area contributed by atoms with Crippen molar-refractivity contribution < 1.29 is 0 Å². The van der Waals surface area contributed by atoms with Gasteiger partial charge in [-0.2, -0.15) is 0 Å². The summed E-state index contributed by atoms with van der Waals surface area (Å²) in [5.74, 6) is 1.40. The minimum Gasteiger partial charge on any atom is -0.372 e. The summed E-state index contributed by atoms with van der Waals surface area (Å²) in [5, 5.41) is 3.50. The molecule has 2 fully saturated rings. The number of nitrogens with two attached hydrogens (primary N) is 1. The number of anilines is 1. The molecule has 3 heterocycles. The number of piperazine rings is 1. The molecule has 1 atom stereocenters.